The number of nitrogens with zero attached hydrogens (tertiary/aromatic N) is 2. The van der Waals surface area contributed by atoms with Crippen molar-refractivity contribution in [1.82, 2.24) is 25.4 Å². The van der Waals surface area contributed by atoms with E-state index < -0.39 is 21.6 Å². The number of fused-ring (bicyclic) bond motifs is 2. The molecule has 29 heavy (non-hydrogen) atoms. The molecule has 2 saturated carbocycles. The number of carbonyl (C=O) groups is 1. The zero-order valence-corrected chi connectivity index (χ0v) is 17.8. The molecule has 0 radical (unpaired) electrons. The second-order valence-corrected chi connectivity index (χ2v) is 11.7. The van der Waals surface area contributed by atoms with Crippen LogP contribution in [0.3, 0.4) is 0 Å². The molecule has 7 unspecified atom stereocenters. The van der Waals surface area contributed by atoms with Gasteiger partial charge in [0.2, 0.25) is 15.9 Å². The molecule has 2 aliphatic carbocycles. The number of hydrogen-bond acceptors (Lipinski definition) is 6. The van der Waals surface area contributed by atoms with Gasteiger partial charge in [-0.25, -0.2) is 23.2 Å². The van der Waals surface area contributed by atoms with Gasteiger partial charge in [0, 0.05) is 31.7 Å². The maximum Gasteiger partial charge on any atom is 0.239 e. The molecule has 3 heterocycles. The molecule has 3 N–H and O–H groups in total. The Labute approximate surface area is 175 Å². The molecular formula is C18H29ClFN5O3S. The summed E-state index contributed by atoms with van der Waals surface area (Å²) in [4.78, 5) is 15.0. The fourth-order valence-corrected chi connectivity index (χ4v) is 7.29. The summed E-state index contributed by atoms with van der Waals surface area (Å²) in [6.45, 7) is 1.81. The second-order valence-electron chi connectivity index (χ2n) is 9.17. The highest BCUT2D eigenvalue weighted by molar-refractivity contribution is 7.90. The first-order valence-corrected chi connectivity index (χ1v) is 12.7. The predicted molar refractivity (Wildman–Crippen MR) is 106 cm³/mol. The normalized spacial score (nSPS) is 43.2. The number of alkyl halides is 2. The number of piperazine rings is 1. The van der Waals surface area contributed by atoms with Gasteiger partial charge in [0.15, 0.2) is 0 Å². The van der Waals surface area contributed by atoms with E-state index in [1.165, 1.54) is 0 Å². The van der Waals surface area contributed by atoms with Crippen molar-refractivity contribution < 1.29 is 17.6 Å². The molecule has 11 heteroatoms. The number of amides is 1. The minimum atomic E-state index is -3.25. The Morgan fingerprint density at radius 2 is 1.93 bits per heavy atom. The van der Waals surface area contributed by atoms with E-state index in [2.05, 4.69) is 15.5 Å². The number of hydrazine groups is 1. The van der Waals surface area contributed by atoms with Crippen molar-refractivity contribution in [3.05, 3.63) is 0 Å². The summed E-state index contributed by atoms with van der Waals surface area (Å²) in [5, 5.41) is 4.68. The molecule has 8 nitrogen and oxygen atoms in total. The number of sulfonamides is 1. The van der Waals surface area contributed by atoms with Gasteiger partial charge in [-0.15, -0.1) is 11.6 Å². The number of carbonyl (C=O) groups excluding carboxylic acids is 1. The molecule has 3 saturated heterocycles. The van der Waals surface area contributed by atoms with E-state index in [0.29, 0.717) is 38.9 Å². The molecule has 5 rings (SSSR count). The van der Waals surface area contributed by atoms with E-state index in [-0.39, 0.29) is 41.4 Å². The van der Waals surface area contributed by atoms with Crippen LogP contribution < -0.4 is 15.5 Å². The van der Waals surface area contributed by atoms with Crippen LogP contribution in [0, 0.1) is 5.92 Å². The molecule has 0 aromatic carbocycles. The van der Waals surface area contributed by atoms with Crippen LogP contribution in [0.4, 0.5) is 4.39 Å². The summed E-state index contributed by atoms with van der Waals surface area (Å²) >= 11 is 6.28. The minimum Gasteiger partial charge on any atom is -0.338 e. The zero-order valence-electron chi connectivity index (χ0n) is 16.3. The van der Waals surface area contributed by atoms with Crippen molar-refractivity contribution in [2.24, 2.45) is 5.92 Å². The molecule has 1 amide bonds. The highest BCUT2D eigenvalue weighted by Crippen LogP contribution is 2.38. The third kappa shape index (κ3) is 3.92. The van der Waals surface area contributed by atoms with Gasteiger partial charge >= 0.3 is 0 Å². The molecule has 0 aromatic heterocycles. The Kier molecular flexibility index (Phi) is 5.32. The van der Waals surface area contributed by atoms with Gasteiger partial charge in [-0.05, 0) is 44.4 Å². The first-order valence-electron chi connectivity index (χ1n) is 10.7. The number of rotatable bonds is 4. The predicted octanol–water partition coefficient (Wildman–Crippen LogP) is -0.0986. The van der Waals surface area contributed by atoms with Crippen LogP contribution in [0.5, 0.6) is 0 Å². The standard InChI is InChI=1S/C18H29ClFN5O3S/c19-17-12-8-15(21-14(12)4-3-13(17)20)18(26)24-5-6-25-10(9-24)7-16(22-25)23-29(27,28)11-1-2-11/h10-17,21-23H,1-9H2. The van der Waals surface area contributed by atoms with Crippen LogP contribution in [-0.2, 0) is 14.8 Å². The average molecular weight is 450 g/mol. The van der Waals surface area contributed by atoms with Crippen LogP contribution in [0.1, 0.15) is 38.5 Å². The van der Waals surface area contributed by atoms with Gasteiger partial charge in [-0.1, -0.05) is 0 Å². The van der Waals surface area contributed by atoms with Gasteiger partial charge in [0.05, 0.1) is 22.8 Å². The largest absolute Gasteiger partial charge is 0.338 e. The van der Waals surface area contributed by atoms with Crippen molar-refractivity contribution in [3.8, 4) is 0 Å². The molecule has 0 spiro atoms. The summed E-state index contributed by atoms with van der Waals surface area (Å²) in [5.74, 6) is 0.0605. The third-order valence-electron chi connectivity index (χ3n) is 7.14. The maximum absolute atomic E-state index is 13.9. The molecule has 5 aliphatic rings. The van der Waals surface area contributed by atoms with Crippen LogP contribution in [0.15, 0.2) is 0 Å². The van der Waals surface area contributed by atoms with E-state index in [0.717, 1.165) is 19.3 Å². The number of halogens is 2. The molecule has 3 aliphatic heterocycles. The third-order valence-corrected chi connectivity index (χ3v) is 9.70. The van der Waals surface area contributed by atoms with Crippen molar-refractivity contribution in [2.45, 2.75) is 79.6 Å². The lowest BCUT2D eigenvalue weighted by Crippen LogP contribution is -2.58. The van der Waals surface area contributed by atoms with Crippen LogP contribution in [0.2, 0.25) is 0 Å². The quantitative estimate of drug-likeness (QED) is 0.519. The zero-order chi connectivity index (χ0) is 20.3. The molecule has 164 valence electrons. The smallest absolute Gasteiger partial charge is 0.239 e. The highest BCUT2D eigenvalue weighted by Gasteiger charge is 2.48. The van der Waals surface area contributed by atoms with E-state index >= 15 is 0 Å². The fraction of sp³-hybridized carbons (Fsp3) is 0.944. The van der Waals surface area contributed by atoms with E-state index in [9.17, 15) is 17.6 Å². The summed E-state index contributed by atoms with van der Waals surface area (Å²) in [6, 6.07) is -0.102. The summed E-state index contributed by atoms with van der Waals surface area (Å²) < 4.78 is 41.1. The molecule has 0 bridgehead atoms. The Balaban J connectivity index is 1.17. The van der Waals surface area contributed by atoms with Gasteiger partial charge < -0.3 is 10.2 Å². The minimum absolute atomic E-state index is 0.00464. The van der Waals surface area contributed by atoms with Crippen LogP contribution in [0.25, 0.3) is 0 Å². The van der Waals surface area contributed by atoms with E-state index in [4.69, 9.17) is 11.6 Å². The van der Waals surface area contributed by atoms with Gasteiger partial charge in [-0.2, -0.15) is 4.72 Å². The first-order chi connectivity index (χ1) is 13.8. The Morgan fingerprint density at radius 1 is 1.14 bits per heavy atom. The van der Waals surface area contributed by atoms with Gasteiger partial charge in [0.1, 0.15) is 6.17 Å². The van der Waals surface area contributed by atoms with Crippen LogP contribution in [-0.4, -0.2) is 85.0 Å². The lowest BCUT2D eigenvalue weighted by Gasteiger charge is -2.38. The molecule has 5 fully saturated rings. The van der Waals surface area contributed by atoms with Crippen molar-refractivity contribution in [3.63, 3.8) is 0 Å². The number of nitrogens with one attached hydrogen (secondary N) is 3. The average Bonchev–Trinajstić information content (AvgIpc) is 3.35. The number of hydrogen-bond donors (Lipinski definition) is 3. The topological polar surface area (TPSA) is 93.8 Å². The van der Waals surface area contributed by atoms with Crippen molar-refractivity contribution in [1.29, 1.82) is 0 Å². The van der Waals surface area contributed by atoms with E-state index in [1.54, 1.807) is 0 Å². The highest BCUT2D eigenvalue weighted by atomic mass is 35.5. The van der Waals surface area contributed by atoms with Crippen LogP contribution >= 0.6 is 11.6 Å². The lowest BCUT2D eigenvalue weighted by atomic mass is 9.83. The summed E-state index contributed by atoms with van der Waals surface area (Å²) in [7, 11) is -3.25. The van der Waals surface area contributed by atoms with Crippen molar-refractivity contribution >= 4 is 27.5 Å². The fourth-order valence-electron chi connectivity index (χ4n) is 5.39. The Hall–Kier alpha value is -0.520. The molecule has 0 aromatic rings. The van der Waals surface area contributed by atoms with Gasteiger partial charge in [0.25, 0.3) is 0 Å². The lowest BCUT2D eigenvalue weighted by molar-refractivity contribution is -0.136. The summed E-state index contributed by atoms with van der Waals surface area (Å²) in [6.07, 6.45) is 2.57. The Morgan fingerprint density at radius 3 is 2.69 bits per heavy atom. The summed E-state index contributed by atoms with van der Waals surface area (Å²) in [5.41, 5.74) is 3.24. The monoisotopic (exact) mass is 449 g/mol. The van der Waals surface area contributed by atoms with Crippen molar-refractivity contribution in [2.75, 3.05) is 19.6 Å². The first kappa shape index (κ1) is 20.4. The van der Waals surface area contributed by atoms with Gasteiger partial charge in [-0.3, -0.25) is 4.79 Å². The molecule has 7 atom stereocenters. The molecular weight excluding hydrogens is 421 g/mol. The maximum atomic E-state index is 13.9. The second kappa shape index (κ2) is 7.56. The Bertz CT molecular complexity index is 769. The SMILES string of the molecule is O=C(C1CC2C(CCC(F)C2Cl)N1)N1CCN2NC(NS(=O)(=O)C3CC3)CC2C1. The van der Waals surface area contributed by atoms with E-state index in [1.807, 2.05) is 9.91 Å².